The zero-order chi connectivity index (χ0) is 21.8. The van der Waals surface area contributed by atoms with Gasteiger partial charge in [-0.1, -0.05) is 43.6 Å². The van der Waals surface area contributed by atoms with Crippen molar-refractivity contribution < 1.29 is 19.1 Å². The number of halogens is 1. The smallest absolute Gasteiger partial charge is 0.365 e. The van der Waals surface area contributed by atoms with Crippen LogP contribution in [0, 0.1) is 16.7 Å². The number of allylic oxidation sites excluding steroid dienone is 1. The van der Waals surface area contributed by atoms with Gasteiger partial charge < -0.3 is 14.3 Å². The van der Waals surface area contributed by atoms with Gasteiger partial charge in [-0.15, -0.1) is 0 Å². The number of hydrogen-bond acceptors (Lipinski definition) is 5. The molecule has 1 heterocycles. The molecule has 2 aromatic carbocycles. The van der Waals surface area contributed by atoms with Gasteiger partial charge in [-0.2, -0.15) is 0 Å². The van der Waals surface area contributed by atoms with E-state index in [4.69, 9.17) is 25.9 Å². The molecule has 3 aliphatic rings. The molecule has 0 N–H and O–H groups in total. The first kappa shape index (κ1) is 20.1. The SMILES string of the molecule is CC12CCC(C(=Cc3ccc4c(c3)OCO4)C1=NOC(=O)c1ccc(Cl)cc1)C2(C)C. The fourth-order valence-electron chi connectivity index (χ4n) is 5.18. The Morgan fingerprint density at radius 2 is 1.87 bits per heavy atom. The van der Waals surface area contributed by atoms with Crippen LogP contribution in [-0.4, -0.2) is 18.5 Å². The molecule has 0 saturated heterocycles. The number of carbonyl (C=O) groups excluding carboxylic acids is 1. The van der Waals surface area contributed by atoms with E-state index in [1.165, 1.54) is 0 Å². The Kier molecular flexibility index (Phi) is 4.63. The monoisotopic (exact) mass is 437 g/mol. The van der Waals surface area contributed by atoms with Crippen molar-refractivity contribution in [1.29, 1.82) is 0 Å². The van der Waals surface area contributed by atoms with Crippen LogP contribution in [0.15, 0.2) is 53.2 Å². The first-order valence-corrected chi connectivity index (χ1v) is 10.8. The molecule has 5 rings (SSSR count). The van der Waals surface area contributed by atoms with E-state index in [0.29, 0.717) is 16.5 Å². The van der Waals surface area contributed by atoms with Crippen molar-refractivity contribution in [3.8, 4) is 11.5 Å². The van der Waals surface area contributed by atoms with Crippen molar-refractivity contribution in [3.63, 3.8) is 0 Å². The first-order valence-electron chi connectivity index (χ1n) is 10.5. The van der Waals surface area contributed by atoms with E-state index in [-0.39, 0.29) is 17.6 Å². The Balaban J connectivity index is 1.51. The number of hydrogen-bond donors (Lipinski definition) is 0. The number of oxime groups is 1. The van der Waals surface area contributed by atoms with Crippen LogP contribution in [0.1, 0.15) is 49.5 Å². The molecule has 1 aliphatic heterocycles. The summed E-state index contributed by atoms with van der Waals surface area (Å²) in [5.41, 5.74) is 3.27. The Morgan fingerprint density at radius 1 is 1.13 bits per heavy atom. The molecule has 2 atom stereocenters. The third-order valence-corrected chi connectivity index (χ3v) is 7.67. The number of fused-ring (bicyclic) bond motifs is 3. The van der Waals surface area contributed by atoms with Crippen LogP contribution in [0.3, 0.4) is 0 Å². The molecule has 2 aliphatic carbocycles. The number of ether oxygens (including phenoxy) is 2. The van der Waals surface area contributed by atoms with Gasteiger partial charge in [-0.25, -0.2) is 4.79 Å². The second-order valence-corrected chi connectivity index (χ2v) is 9.62. The van der Waals surface area contributed by atoms with E-state index >= 15 is 0 Å². The zero-order valence-corrected chi connectivity index (χ0v) is 18.5. The average molecular weight is 438 g/mol. The first-order chi connectivity index (χ1) is 14.8. The van der Waals surface area contributed by atoms with Gasteiger partial charge in [0.2, 0.25) is 6.79 Å². The lowest BCUT2D eigenvalue weighted by atomic mass is 9.70. The van der Waals surface area contributed by atoms with Crippen LogP contribution in [0.2, 0.25) is 5.02 Å². The summed E-state index contributed by atoms with van der Waals surface area (Å²) >= 11 is 5.92. The van der Waals surface area contributed by atoms with Crippen LogP contribution in [-0.2, 0) is 4.84 Å². The fraction of sp³-hybridized carbons (Fsp3) is 0.360. The van der Waals surface area contributed by atoms with Crippen LogP contribution < -0.4 is 9.47 Å². The van der Waals surface area contributed by atoms with Gasteiger partial charge in [0.15, 0.2) is 11.5 Å². The summed E-state index contributed by atoms with van der Waals surface area (Å²) in [7, 11) is 0. The molecular formula is C25H24ClNO4. The van der Waals surface area contributed by atoms with Gasteiger partial charge in [0.1, 0.15) is 0 Å². The third-order valence-electron chi connectivity index (χ3n) is 7.42. The Morgan fingerprint density at radius 3 is 2.65 bits per heavy atom. The van der Waals surface area contributed by atoms with Gasteiger partial charge in [-0.3, -0.25) is 0 Å². The molecule has 0 radical (unpaired) electrons. The van der Waals surface area contributed by atoms with Gasteiger partial charge in [0.05, 0.1) is 11.3 Å². The zero-order valence-electron chi connectivity index (χ0n) is 17.8. The maximum Gasteiger partial charge on any atom is 0.365 e. The lowest BCUT2D eigenvalue weighted by molar-refractivity contribution is 0.0509. The van der Waals surface area contributed by atoms with Crippen molar-refractivity contribution in [2.45, 2.75) is 33.6 Å². The quantitative estimate of drug-likeness (QED) is 0.428. The number of nitrogens with zero attached hydrogens (tertiary/aromatic N) is 1. The number of carbonyl (C=O) groups is 1. The minimum Gasteiger partial charge on any atom is -0.454 e. The number of rotatable bonds is 3. The summed E-state index contributed by atoms with van der Waals surface area (Å²) < 4.78 is 11.0. The molecule has 0 aromatic heterocycles. The topological polar surface area (TPSA) is 57.1 Å². The fourth-order valence-corrected chi connectivity index (χ4v) is 5.31. The van der Waals surface area contributed by atoms with Crippen molar-refractivity contribution >= 4 is 29.4 Å². The minimum atomic E-state index is -0.490. The summed E-state index contributed by atoms with van der Waals surface area (Å²) in [4.78, 5) is 18.0. The van der Waals surface area contributed by atoms with Crippen molar-refractivity contribution in [2.24, 2.45) is 21.9 Å². The Bertz CT molecular complexity index is 1120. The minimum absolute atomic E-state index is 0.0146. The molecule has 160 valence electrons. The lowest BCUT2D eigenvalue weighted by Gasteiger charge is -2.33. The highest BCUT2D eigenvalue weighted by atomic mass is 35.5. The maximum atomic E-state index is 12.6. The van der Waals surface area contributed by atoms with Gasteiger partial charge in [0, 0.05) is 10.4 Å². The Hall–Kier alpha value is -2.79. The molecule has 2 unspecified atom stereocenters. The second-order valence-electron chi connectivity index (χ2n) is 9.18. The van der Waals surface area contributed by atoms with Crippen molar-refractivity contribution in [3.05, 3.63) is 64.2 Å². The normalized spacial score (nSPS) is 27.8. The van der Waals surface area contributed by atoms with Crippen LogP contribution in [0.4, 0.5) is 0 Å². The van der Waals surface area contributed by atoms with Gasteiger partial charge in [-0.05, 0) is 77.8 Å². The standard InChI is InChI=1S/C25H24ClNO4/c1-24(2)19-10-11-25(24,3)22(27-31-23(28)16-5-7-17(26)8-6-16)18(19)12-15-4-9-20-21(13-15)30-14-29-20/h4-9,12-13,19H,10-11,14H2,1-3H3. The van der Waals surface area contributed by atoms with Crippen LogP contribution >= 0.6 is 11.6 Å². The van der Waals surface area contributed by atoms with E-state index in [0.717, 1.165) is 41.2 Å². The summed E-state index contributed by atoms with van der Waals surface area (Å²) in [5.74, 6) is 1.36. The predicted molar refractivity (Wildman–Crippen MR) is 119 cm³/mol. The summed E-state index contributed by atoms with van der Waals surface area (Å²) in [6.07, 6.45) is 4.25. The number of benzene rings is 2. The Labute approximate surface area is 186 Å². The largest absolute Gasteiger partial charge is 0.454 e. The highest BCUT2D eigenvalue weighted by molar-refractivity contribution is 6.30. The van der Waals surface area contributed by atoms with E-state index < -0.39 is 5.97 Å². The third kappa shape index (κ3) is 3.14. The van der Waals surface area contributed by atoms with E-state index in [9.17, 15) is 4.79 Å². The maximum absolute atomic E-state index is 12.6. The molecule has 31 heavy (non-hydrogen) atoms. The molecular weight excluding hydrogens is 414 g/mol. The van der Waals surface area contributed by atoms with E-state index in [1.54, 1.807) is 24.3 Å². The molecule has 2 bridgehead atoms. The van der Waals surface area contributed by atoms with Crippen LogP contribution in [0.5, 0.6) is 11.5 Å². The molecule has 2 fully saturated rings. The van der Waals surface area contributed by atoms with Gasteiger partial charge >= 0.3 is 5.97 Å². The molecule has 0 amide bonds. The predicted octanol–water partition coefficient (Wildman–Crippen LogP) is 6.12. The average Bonchev–Trinajstić information content (AvgIpc) is 3.34. The molecule has 2 saturated carbocycles. The van der Waals surface area contributed by atoms with Crippen molar-refractivity contribution in [2.75, 3.05) is 6.79 Å². The van der Waals surface area contributed by atoms with Crippen LogP contribution in [0.25, 0.3) is 6.08 Å². The summed E-state index contributed by atoms with van der Waals surface area (Å²) in [6.45, 7) is 7.03. The molecule has 0 spiro atoms. The second kappa shape index (κ2) is 7.13. The molecule has 2 aromatic rings. The highest BCUT2D eigenvalue weighted by Gasteiger charge is 2.63. The lowest BCUT2D eigenvalue weighted by Crippen LogP contribution is -2.33. The summed E-state index contributed by atoms with van der Waals surface area (Å²) in [6, 6.07) is 12.5. The van der Waals surface area contributed by atoms with E-state index in [1.807, 2.05) is 18.2 Å². The molecule has 6 heteroatoms. The van der Waals surface area contributed by atoms with Gasteiger partial charge in [0.25, 0.3) is 0 Å². The van der Waals surface area contributed by atoms with E-state index in [2.05, 4.69) is 32.0 Å². The molecule has 5 nitrogen and oxygen atoms in total. The highest BCUT2D eigenvalue weighted by Crippen LogP contribution is 2.66. The van der Waals surface area contributed by atoms with Crippen molar-refractivity contribution in [1.82, 2.24) is 0 Å². The summed E-state index contributed by atoms with van der Waals surface area (Å²) in [5, 5.41) is 5.00.